The predicted molar refractivity (Wildman–Crippen MR) is 463 cm³/mol. The minimum absolute atomic E-state index is 0.542. The molecule has 0 aliphatic heterocycles. The number of fused-ring (bicyclic) bond motifs is 16. The second-order valence-electron chi connectivity index (χ2n) is 28.4. The molecule has 16 aromatic carbocycles. The van der Waals surface area contributed by atoms with Crippen molar-refractivity contribution in [3.63, 3.8) is 0 Å². The van der Waals surface area contributed by atoms with Gasteiger partial charge in [-0.2, -0.15) is 9.97 Å². The Hall–Kier alpha value is -14.4. The van der Waals surface area contributed by atoms with Gasteiger partial charge in [-0.05, 0) is 130 Å². The largest absolute Gasteiger partial charge is 0.309 e. The van der Waals surface area contributed by atoms with E-state index in [4.69, 9.17) is 29.9 Å². The van der Waals surface area contributed by atoms with Gasteiger partial charge in [-0.15, -0.1) is 22.7 Å². The topological polar surface area (TPSA) is 92.1 Å². The first-order chi connectivity index (χ1) is 55.0. The zero-order valence-electron chi connectivity index (χ0n) is 59.4. The first-order valence-electron chi connectivity index (χ1n) is 37.3. The number of hydrogen-bond acceptors (Lipinski definition) is 8. The van der Waals surface area contributed by atoms with Crippen molar-refractivity contribution in [3.8, 4) is 108 Å². The molecule has 0 N–H and O–H groups in total. The van der Waals surface area contributed by atoms with Gasteiger partial charge >= 0.3 is 0 Å². The highest BCUT2D eigenvalue weighted by Gasteiger charge is 2.25. The molecule has 0 spiro atoms. The van der Waals surface area contributed by atoms with Crippen LogP contribution in [-0.2, 0) is 0 Å². The summed E-state index contributed by atoms with van der Waals surface area (Å²) in [6.45, 7) is 0. The van der Waals surface area contributed by atoms with Crippen molar-refractivity contribution in [2.45, 2.75) is 0 Å². The Labute approximate surface area is 643 Å². The molecule has 111 heavy (non-hydrogen) atoms. The first kappa shape index (κ1) is 62.8. The highest BCUT2D eigenvalue weighted by atomic mass is 32.1. The number of rotatable bonds is 11. The number of para-hydroxylation sites is 4. The highest BCUT2D eigenvalue weighted by Crippen LogP contribution is 2.48. The number of aromatic nitrogens is 9. The third kappa shape index (κ3) is 10.1. The molecule has 0 unspecified atom stereocenters. The fourth-order valence-electron chi connectivity index (χ4n) is 17.2. The normalized spacial score (nSPS) is 12.0. The number of hydrogen-bond donors (Lipinski definition) is 0. The molecule has 0 atom stereocenters. The van der Waals surface area contributed by atoms with E-state index in [1.54, 1.807) is 0 Å². The van der Waals surface area contributed by atoms with Gasteiger partial charge in [0.1, 0.15) is 0 Å². The molecule has 0 fully saturated rings. The van der Waals surface area contributed by atoms with Crippen molar-refractivity contribution in [2.75, 3.05) is 0 Å². The van der Waals surface area contributed by atoms with Crippen molar-refractivity contribution in [2.24, 2.45) is 0 Å². The van der Waals surface area contributed by atoms with Crippen molar-refractivity contribution < 1.29 is 0 Å². The van der Waals surface area contributed by atoms with E-state index in [0.29, 0.717) is 35.1 Å². The molecule has 0 saturated carbocycles. The number of benzene rings is 16. The lowest BCUT2D eigenvalue weighted by Gasteiger charge is -2.15. The van der Waals surface area contributed by atoms with Crippen LogP contribution in [0.15, 0.2) is 358 Å². The number of nitrogens with zero attached hydrogens (tertiary/aromatic N) is 9. The minimum atomic E-state index is 0.542. The van der Waals surface area contributed by atoms with Gasteiger partial charge in [-0.1, -0.05) is 267 Å². The Balaban J connectivity index is 0.619. The monoisotopic (exact) mass is 1450 g/mol. The molecule has 0 aliphatic carbocycles. The van der Waals surface area contributed by atoms with Gasteiger partial charge in [-0.3, -0.25) is 4.57 Å². The van der Waals surface area contributed by atoms with Crippen molar-refractivity contribution in [1.29, 1.82) is 0 Å². The predicted octanol–water partition coefficient (Wildman–Crippen LogP) is 26.6. The van der Waals surface area contributed by atoms with E-state index < -0.39 is 0 Å². The Morgan fingerprint density at radius 3 is 1.32 bits per heavy atom. The van der Waals surface area contributed by atoms with E-state index >= 15 is 0 Å². The molecule has 0 saturated heterocycles. The van der Waals surface area contributed by atoms with E-state index in [2.05, 4.69) is 335 Å². The molecule has 0 bridgehead atoms. The van der Waals surface area contributed by atoms with E-state index in [1.165, 1.54) is 67.6 Å². The van der Waals surface area contributed by atoms with Gasteiger partial charge in [0.15, 0.2) is 29.1 Å². The smallest absolute Gasteiger partial charge is 0.238 e. The standard InChI is InChI=1S/C100H59N9S2/c1-4-24-60(25-5-1)95-101-97(104-99(103-95)79-52-55-86(72-33-11-10-32-71(72)79)108-84-44-17-13-35-74(84)81-57-63(49-53-87(81)108)69-39-21-41-78-77-37-15-19-46-90(77)110-93(69)78)65-29-20-28-62(56-65)68-38-23-47-91-92(68)80-42-22-40-70(94(80)111-91)64-50-54-88-82(58-64)75-36-14-18-45-85(75)109(88)100-105-96(61-26-6-2-7-27-61)102-98(106-100)66-48-51-76-73-34-12-16-43-83(73)107(89(76)59-66)67-30-8-3-9-31-67/h1-59H. The van der Waals surface area contributed by atoms with Crippen LogP contribution in [0.2, 0.25) is 0 Å². The second kappa shape index (κ2) is 25.1. The van der Waals surface area contributed by atoms with Crippen molar-refractivity contribution >= 4 is 139 Å². The van der Waals surface area contributed by atoms with E-state index in [-0.39, 0.29) is 0 Å². The van der Waals surface area contributed by atoms with Crippen molar-refractivity contribution in [3.05, 3.63) is 358 Å². The third-order valence-corrected chi connectivity index (χ3v) is 24.6. The van der Waals surface area contributed by atoms with Gasteiger partial charge in [0, 0.05) is 112 Å². The Kier molecular flexibility index (Phi) is 14.2. The molecular weight excluding hydrogens is 1390 g/mol. The van der Waals surface area contributed by atoms with Crippen LogP contribution in [0.1, 0.15) is 0 Å². The molecule has 7 heterocycles. The molecule has 23 rings (SSSR count). The van der Waals surface area contributed by atoms with Crippen LogP contribution in [0.4, 0.5) is 0 Å². The minimum Gasteiger partial charge on any atom is -0.309 e. The zero-order valence-corrected chi connectivity index (χ0v) is 61.0. The summed E-state index contributed by atoms with van der Waals surface area (Å²) >= 11 is 3.71. The summed E-state index contributed by atoms with van der Waals surface area (Å²) in [6, 6.07) is 128. The van der Waals surface area contributed by atoms with Gasteiger partial charge in [0.05, 0.1) is 38.8 Å². The van der Waals surface area contributed by atoms with Crippen LogP contribution < -0.4 is 0 Å². The summed E-state index contributed by atoms with van der Waals surface area (Å²) in [5, 5.41) is 14.1. The molecule has 7 aromatic heterocycles. The molecular formula is C100H59N9S2. The van der Waals surface area contributed by atoms with E-state index in [9.17, 15) is 0 Å². The summed E-state index contributed by atoms with van der Waals surface area (Å²) in [6.07, 6.45) is 0. The van der Waals surface area contributed by atoms with Gasteiger partial charge < -0.3 is 9.13 Å². The summed E-state index contributed by atoms with van der Waals surface area (Å²) in [4.78, 5) is 32.2. The van der Waals surface area contributed by atoms with Gasteiger partial charge in [-0.25, -0.2) is 19.9 Å². The summed E-state index contributed by atoms with van der Waals surface area (Å²) in [5.41, 5.74) is 20.1. The highest BCUT2D eigenvalue weighted by molar-refractivity contribution is 7.26. The fraction of sp³-hybridized carbons (Fsp3) is 0. The quantitative estimate of drug-likeness (QED) is 0.128. The summed E-state index contributed by atoms with van der Waals surface area (Å²) in [7, 11) is 0. The molecule has 0 radical (unpaired) electrons. The average Bonchev–Trinajstić information content (AvgIpc) is 1.62. The second-order valence-corrected chi connectivity index (χ2v) is 30.5. The summed E-state index contributed by atoms with van der Waals surface area (Å²) < 4.78 is 12.0. The lowest BCUT2D eigenvalue weighted by molar-refractivity contribution is 0.953. The maximum absolute atomic E-state index is 5.48. The lowest BCUT2D eigenvalue weighted by Crippen LogP contribution is -2.06. The SMILES string of the molecule is c1ccc(-c2nc(-c3cccc(-c4cccc5sc6c(-c7ccc8c(c7)c7ccccc7n8-c7nc(-c8ccccc8)nc(-c8ccc9c%10ccccc%10n(-c%10ccccc%10)c9c8)n7)cccc6c45)c3)nc(-c3ccc(-n4c5ccccc5c5cc(-c6cccc7c6sc6ccccc67)ccc54)c4ccccc34)n2)cc1. The maximum atomic E-state index is 5.48. The van der Waals surface area contributed by atoms with Crippen molar-refractivity contribution in [1.82, 2.24) is 43.6 Å². The van der Waals surface area contributed by atoms with E-state index in [0.717, 1.165) is 121 Å². The fourth-order valence-corrected chi connectivity index (χ4v) is 19.7. The van der Waals surface area contributed by atoms with Crippen LogP contribution in [-0.4, -0.2) is 43.6 Å². The van der Waals surface area contributed by atoms with Crippen LogP contribution in [0, 0.1) is 0 Å². The summed E-state index contributed by atoms with van der Waals surface area (Å²) in [5.74, 6) is 3.52. The van der Waals surface area contributed by atoms with Crippen LogP contribution >= 0.6 is 22.7 Å². The zero-order chi connectivity index (χ0) is 72.8. The molecule has 0 amide bonds. The maximum Gasteiger partial charge on any atom is 0.238 e. The molecule has 516 valence electrons. The van der Waals surface area contributed by atoms with Gasteiger partial charge in [0.25, 0.3) is 0 Å². The van der Waals surface area contributed by atoms with Crippen LogP contribution in [0.25, 0.3) is 224 Å². The lowest BCUT2D eigenvalue weighted by atomic mass is 9.96. The van der Waals surface area contributed by atoms with E-state index in [1.807, 2.05) is 59.1 Å². The first-order valence-corrected chi connectivity index (χ1v) is 38.9. The molecule has 9 nitrogen and oxygen atoms in total. The van der Waals surface area contributed by atoms with Gasteiger partial charge in [0.2, 0.25) is 5.95 Å². The molecule has 11 heteroatoms. The van der Waals surface area contributed by atoms with Crippen LogP contribution in [0.3, 0.4) is 0 Å². The Bertz CT molecular complexity index is 7780. The molecule has 0 aliphatic rings. The average molecular weight is 1450 g/mol. The Morgan fingerprint density at radius 1 is 0.198 bits per heavy atom. The van der Waals surface area contributed by atoms with Crippen LogP contribution in [0.5, 0.6) is 0 Å². The molecule has 23 aromatic rings. The number of thiophene rings is 2. The third-order valence-electron chi connectivity index (χ3n) is 22.2. The Morgan fingerprint density at radius 2 is 0.622 bits per heavy atom.